The van der Waals surface area contributed by atoms with Crippen LogP contribution in [0.3, 0.4) is 0 Å². The van der Waals surface area contributed by atoms with Gasteiger partial charge in [-0.1, -0.05) is 30.3 Å². The summed E-state index contributed by atoms with van der Waals surface area (Å²) in [4.78, 5) is 14.5. The molecule has 1 unspecified atom stereocenters. The van der Waals surface area contributed by atoms with Crippen molar-refractivity contribution in [3.63, 3.8) is 0 Å². The summed E-state index contributed by atoms with van der Waals surface area (Å²) in [6.07, 6.45) is 0. The number of nitrogens with one attached hydrogen (secondary N) is 1. The molecule has 0 bridgehead atoms. The first-order chi connectivity index (χ1) is 8.75. The smallest absolute Gasteiger partial charge is 0.229 e. The molecule has 0 aromatic heterocycles. The van der Waals surface area contributed by atoms with Gasteiger partial charge in [0.05, 0.1) is 5.92 Å². The SMILES string of the molecule is CC(C(=O)N1C[C@H]2CNC[C@H]2C1)c1ccccc1. The molecule has 1 N–H and O–H groups in total. The van der Waals surface area contributed by atoms with Gasteiger partial charge in [-0.05, 0) is 24.3 Å². The molecule has 1 aromatic carbocycles. The molecule has 2 heterocycles. The zero-order valence-corrected chi connectivity index (χ0v) is 10.8. The molecule has 3 nitrogen and oxygen atoms in total. The molecule has 3 rings (SSSR count). The molecular formula is C15H20N2O. The van der Waals surface area contributed by atoms with E-state index in [2.05, 4.69) is 10.2 Å². The van der Waals surface area contributed by atoms with Crippen LogP contribution >= 0.6 is 0 Å². The normalized spacial score (nSPS) is 28.2. The summed E-state index contributed by atoms with van der Waals surface area (Å²) in [5.74, 6) is 1.63. The van der Waals surface area contributed by atoms with Gasteiger partial charge in [-0.2, -0.15) is 0 Å². The predicted molar refractivity (Wildman–Crippen MR) is 71.3 cm³/mol. The molecule has 1 amide bonds. The maximum Gasteiger partial charge on any atom is 0.229 e. The average molecular weight is 244 g/mol. The first kappa shape index (κ1) is 11.7. The third kappa shape index (κ3) is 2.03. The van der Waals surface area contributed by atoms with Gasteiger partial charge in [0, 0.05) is 26.2 Å². The van der Waals surface area contributed by atoms with Gasteiger partial charge >= 0.3 is 0 Å². The van der Waals surface area contributed by atoms with E-state index in [1.54, 1.807) is 0 Å². The second-order valence-electron chi connectivity index (χ2n) is 5.55. The number of fused-ring (bicyclic) bond motifs is 1. The second kappa shape index (κ2) is 4.73. The van der Waals surface area contributed by atoms with E-state index in [0.29, 0.717) is 11.8 Å². The van der Waals surface area contributed by atoms with Crippen molar-refractivity contribution >= 4 is 5.91 Å². The Kier molecular flexibility index (Phi) is 3.08. The lowest BCUT2D eigenvalue weighted by Gasteiger charge is -2.22. The van der Waals surface area contributed by atoms with E-state index in [9.17, 15) is 4.79 Å². The number of hydrogen-bond acceptors (Lipinski definition) is 2. The van der Waals surface area contributed by atoms with Gasteiger partial charge in [0.25, 0.3) is 0 Å². The van der Waals surface area contributed by atoms with Crippen LogP contribution in [0.1, 0.15) is 18.4 Å². The maximum absolute atomic E-state index is 12.5. The Morgan fingerprint density at radius 1 is 1.22 bits per heavy atom. The third-order valence-electron chi connectivity index (χ3n) is 4.37. The Bertz CT molecular complexity index is 419. The van der Waals surface area contributed by atoms with Gasteiger partial charge in [-0.15, -0.1) is 0 Å². The molecule has 0 radical (unpaired) electrons. The number of benzene rings is 1. The van der Waals surface area contributed by atoms with Gasteiger partial charge in [0.15, 0.2) is 0 Å². The molecule has 0 aliphatic carbocycles. The van der Waals surface area contributed by atoms with Crippen molar-refractivity contribution in [2.45, 2.75) is 12.8 Å². The Labute approximate surface area is 108 Å². The van der Waals surface area contributed by atoms with E-state index in [1.165, 1.54) is 0 Å². The fourth-order valence-corrected chi connectivity index (χ4v) is 3.19. The van der Waals surface area contributed by atoms with Crippen molar-refractivity contribution in [2.24, 2.45) is 11.8 Å². The van der Waals surface area contributed by atoms with E-state index in [1.807, 2.05) is 37.3 Å². The lowest BCUT2D eigenvalue weighted by Crippen LogP contribution is -2.34. The molecule has 0 spiro atoms. The number of rotatable bonds is 2. The largest absolute Gasteiger partial charge is 0.342 e. The van der Waals surface area contributed by atoms with Crippen LogP contribution in [0.15, 0.2) is 30.3 Å². The summed E-state index contributed by atoms with van der Waals surface area (Å²) in [5.41, 5.74) is 1.12. The molecular weight excluding hydrogens is 224 g/mol. The standard InChI is InChI=1S/C15H20N2O/c1-11(12-5-3-2-4-6-12)15(18)17-9-13-7-16-8-14(13)10-17/h2-6,11,13-14,16H,7-10H2,1H3/t11?,13-,14+. The number of carbonyl (C=O) groups is 1. The van der Waals surface area contributed by atoms with Crippen LogP contribution in [0, 0.1) is 11.8 Å². The number of amides is 1. The average Bonchev–Trinajstić information content (AvgIpc) is 2.99. The van der Waals surface area contributed by atoms with Gasteiger partial charge < -0.3 is 10.2 Å². The summed E-state index contributed by atoms with van der Waals surface area (Å²) in [7, 11) is 0. The Morgan fingerprint density at radius 3 is 2.44 bits per heavy atom. The quantitative estimate of drug-likeness (QED) is 0.854. The van der Waals surface area contributed by atoms with Crippen molar-refractivity contribution in [2.75, 3.05) is 26.2 Å². The minimum absolute atomic E-state index is 0.0158. The van der Waals surface area contributed by atoms with Gasteiger partial charge in [-0.25, -0.2) is 0 Å². The van der Waals surface area contributed by atoms with Crippen molar-refractivity contribution in [1.29, 1.82) is 0 Å². The Balaban J connectivity index is 1.68. The van der Waals surface area contributed by atoms with Crippen LogP contribution in [-0.4, -0.2) is 37.0 Å². The Hall–Kier alpha value is -1.35. The van der Waals surface area contributed by atoms with E-state index in [0.717, 1.165) is 31.7 Å². The summed E-state index contributed by atoms with van der Waals surface area (Å²) in [6, 6.07) is 10.1. The molecule has 96 valence electrons. The monoisotopic (exact) mass is 244 g/mol. The van der Waals surface area contributed by atoms with Crippen molar-refractivity contribution in [3.8, 4) is 0 Å². The van der Waals surface area contributed by atoms with Crippen LogP contribution in [-0.2, 0) is 4.79 Å². The highest BCUT2D eigenvalue weighted by molar-refractivity contribution is 5.83. The number of carbonyl (C=O) groups excluding carboxylic acids is 1. The molecule has 2 fully saturated rings. The lowest BCUT2D eigenvalue weighted by molar-refractivity contribution is -0.131. The summed E-state index contributed by atoms with van der Waals surface area (Å²) >= 11 is 0. The summed E-state index contributed by atoms with van der Waals surface area (Å²) < 4.78 is 0. The van der Waals surface area contributed by atoms with Crippen LogP contribution in [0.5, 0.6) is 0 Å². The number of hydrogen-bond donors (Lipinski definition) is 1. The molecule has 18 heavy (non-hydrogen) atoms. The zero-order valence-electron chi connectivity index (χ0n) is 10.8. The fraction of sp³-hybridized carbons (Fsp3) is 0.533. The summed E-state index contributed by atoms with van der Waals surface area (Å²) in [5, 5.41) is 3.41. The molecule has 3 atom stereocenters. The van der Waals surface area contributed by atoms with Gasteiger partial charge in [0.2, 0.25) is 5.91 Å². The Morgan fingerprint density at radius 2 is 1.83 bits per heavy atom. The highest BCUT2D eigenvalue weighted by Crippen LogP contribution is 2.29. The zero-order chi connectivity index (χ0) is 12.5. The minimum atomic E-state index is -0.0158. The van der Waals surface area contributed by atoms with Crippen molar-refractivity contribution in [1.82, 2.24) is 10.2 Å². The van der Waals surface area contributed by atoms with Crippen LogP contribution < -0.4 is 5.32 Å². The lowest BCUT2D eigenvalue weighted by atomic mass is 10.00. The summed E-state index contributed by atoms with van der Waals surface area (Å²) in [6.45, 7) is 6.05. The van der Waals surface area contributed by atoms with Crippen LogP contribution in [0.2, 0.25) is 0 Å². The van der Waals surface area contributed by atoms with Gasteiger partial charge in [0.1, 0.15) is 0 Å². The second-order valence-corrected chi connectivity index (χ2v) is 5.55. The van der Waals surface area contributed by atoms with Crippen LogP contribution in [0.25, 0.3) is 0 Å². The van der Waals surface area contributed by atoms with Crippen LogP contribution in [0.4, 0.5) is 0 Å². The van der Waals surface area contributed by atoms with E-state index < -0.39 is 0 Å². The topological polar surface area (TPSA) is 32.3 Å². The molecule has 3 heteroatoms. The van der Waals surface area contributed by atoms with Gasteiger partial charge in [-0.3, -0.25) is 4.79 Å². The predicted octanol–water partition coefficient (Wildman–Crippen LogP) is 1.47. The number of nitrogens with zero attached hydrogens (tertiary/aromatic N) is 1. The third-order valence-corrected chi connectivity index (χ3v) is 4.37. The molecule has 0 saturated carbocycles. The fourth-order valence-electron chi connectivity index (χ4n) is 3.19. The first-order valence-corrected chi connectivity index (χ1v) is 6.80. The highest BCUT2D eigenvalue weighted by atomic mass is 16.2. The minimum Gasteiger partial charge on any atom is -0.342 e. The first-order valence-electron chi connectivity index (χ1n) is 6.80. The van der Waals surface area contributed by atoms with Crippen molar-refractivity contribution in [3.05, 3.63) is 35.9 Å². The molecule has 2 saturated heterocycles. The van der Waals surface area contributed by atoms with Crippen molar-refractivity contribution < 1.29 is 4.79 Å². The highest BCUT2D eigenvalue weighted by Gasteiger charge is 2.39. The van der Waals surface area contributed by atoms with E-state index >= 15 is 0 Å². The van der Waals surface area contributed by atoms with E-state index in [4.69, 9.17) is 0 Å². The number of likely N-dealkylation sites (tertiary alicyclic amines) is 1. The molecule has 2 aliphatic rings. The van der Waals surface area contributed by atoms with E-state index in [-0.39, 0.29) is 11.8 Å². The maximum atomic E-state index is 12.5. The molecule has 1 aromatic rings. The molecule has 2 aliphatic heterocycles.